The first-order valence-electron chi connectivity index (χ1n) is 9.04. The van der Waals surface area contributed by atoms with Crippen LogP contribution in [-0.4, -0.2) is 26.1 Å². The van der Waals surface area contributed by atoms with Gasteiger partial charge in [-0.2, -0.15) is 0 Å². The van der Waals surface area contributed by atoms with E-state index >= 15 is 0 Å². The van der Waals surface area contributed by atoms with Crippen LogP contribution < -0.4 is 14.4 Å². The number of esters is 1. The van der Waals surface area contributed by atoms with Gasteiger partial charge < -0.3 is 14.2 Å². The largest absolute Gasteiger partial charge is 0.497 e. The van der Waals surface area contributed by atoms with E-state index in [-0.39, 0.29) is 5.91 Å². The van der Waals surface area contributed by atoms with Crippen LogP contribution in [0.15, 0.2) is 72.8 Å². The quantitative estimate of drug-likeness (QED) is 0.625. The lowest BCUT2D eigenvalue weighted by Gasteiger charge is -2.36. The number of carbonyl (C=O) groups excluding carboxylic acids is 2. The highest BCUT2D eigenvalue weighted by Crippen LogP contribution is 2.38. The topological polar surface area (TPSA) is 65.1 Å². The van der Waals surface area contributed by atoms with Gasteiger partial charge in [-0.1, -0.05) is 12.1 Å². The lowest BCUT2D eigenvalue weighted by Crippen LogP contribution is -2.41. The molecule has 3 aromatic rings. The Hall–Kier alpha value is -3.80. The third-order valence-electron chi connectivity index (χ3n) is 4.79. The van der Waals surface area contributed by atoms with Crippen LogP contribution in [0.5, 0.6) is 11.5 Å². The maximum Gasteiger partial charge on any atom is 0.342 e. The Morgan fingerprint density at radius 2 is 1.45 bits per heavy atom. The zero-order chi connectivity index (χ0) is 20.4. The molecule has 0 spiro atoms. The van der Waals surface area contributed by atoms with Crippen molar-refractivity contribution < 1.29 is 23.8 Å². The molecule has 0 aliphatic carbocycles. The Kier molecular flexibility index (Phi) is 4.91. The van der Waals surface area contributed by atoms with Crippen LogP contribution in [0.25, 0.3) is 0 Å². The van der Waals surface area contributed by atoms with E-state index in [1.807, 2.05) is 0 Å². The molecule has 1 atom stereocenters. The zero-order valence-corrected chi connectivity index (χ0v) is 16.0. The molecule has 1 heterocycles. The van der Waals surface area contributed by atoms with E-state index in [1.165, 1.54) is 4.90 Å². The fraction of sp³-hybridized carbons (Fsp3) is 0.130. The van der Waals surface area contributed by atoms with Crippen molar-refractivity contribution in [1.29, 1.82) is 0 Å². The van der Waals surface area contributed by atoms with Crippen LogP contribution in [0.3, 0.4) is 0 Å². The van der Waals surface area contributed by atoms with Gasteiger partial charge in [0.1, 0.15) is 11.5 Å². The molecule has 0 unspecified atom stereocenters. The van der Waals surface area contributed by atoms with Gasteiger partial charge in [-0.05, 0) is 60.7 Å². The van der Waals surface area contributed by atoms with Gasteiger partial charge >= 0.3 is 5.97 Å². The van der Waals surface area contributed by atoms with Crippen LogP contribution in [0.1, 0.15) is 32.5 Å². The Balaban J connectivity index is 1.80. The molecule has 146 valence electrons. The number of nitrogens with zero attached hydrogens (tertiary/aromatic N) is 1. The second-order valence-electron chi connectivity index (χ2n) is 6.45. The Morgan fingerprint density at radius 1 is 0.862 bits per heavy atom. The molecule has 1 aliphatic rings. The molecule has 1 aliphatic heterocycles. The number of fused-ring (bicyclic) bond motifs is 1. The van der Waals surface area contributed by atoms with Crippen molar-refractivity contribution in [3.63, 3.8) is 0 Å². The first-order chi connectivity index (χ1) is 14.1. The molecule has 0 saturated carbocycles. The number of cyclic esters (lactones) is 1. The molecule has 0 N–H and O–H groups in total. The van der Waals surface area contributed by atoms with Gasteiger partial charge in [-0.3, -0.25) is 9.69 Å². The smallest absolute Gasteiger partial charge is 0.342 e. The second-order valence-corrected chi connectivity index (χ2v) is 6.45. The van der Waals surface area contributed by atoms with Gasteiger partial charge in [0, 0.05) is 11.1 Å². The SMILES string of the molecule is COc1ccc(C(=O)N2c3ccccc3C(=O)O[C@H]2c2ccc(OC)cc2)cc1. The molecule has 1 amide bonds. The van der Waals surface area contributed by atoms with Crippen LogP contribution in [0.2, 0.25) is 0 Å². The number of anilines is 1. The van der Waals surface area contributed by atoms with E-state index in [0.717, 1.165) is 0 Å². The number of hydrogen-bond donors (Lipinski definition) is 0. The minimum Gasteiger partial charge on any atom is -0.497 e. The van der Waals surface area contributed by atoms with Crippen molar-refractivity contribution >= 4 is 17.6 Å². The Labute approximate surface area is 168 Å². The van der Waals surface area contributed by atoms with E-state index in [0.29, 0.717) is 33.9 Å². The van der Waals surface area contributed by atoms with E-state index in [2.05, 4.69) is 0 Å². The molecule has 4 rings (SSSR count). The molecule has 29 heavy (non-hydrogen) atoms. The van der Waals surface area contributed by atoms with Crippen molar-refractivity contribution in [2.24, 2.45) is 0 Å². The first-order valence-corrected chi connectivity index (χ1v) is 9.04. The third-order valence-corrected chi connectivity index (χ3v) is 4.79. The van der Waals surface area contributed by atoms with E-state index in [1.54, 1.807) is 87.0 Å². The summed E-state index contributed by atoms with van der Waals surface area (Å²) in [4.78, 5) is 27.5. The van der Waals surface area contributed by atoms with Gasteiger partial charge in [-0.25, -0.2) is 4.79 Å². The molecule has 0 bridgehead atoms. The summed E-state index contributed by atoms with van der Waals surface area (Å²) in [5.41, 5.74) is 1.97. The van der Waals surface area contributed by atoms with Gasteiger partial charge in [0.15, 0.2) is 0 Å². The maximum absolute atomic E-state index is 13.4. The van der Waals surface area contributed by atoms with Crippen molar-refractivity contribution in [1.82, 2.24) is 0 Å². The Morgan fingerprint density at radius 3 is 2.07 bits per heavy atom. The van der Waals surface area contributed by atoms with E-state index in [9.17, 15) is 9.59 Å². The first kappa shape index (κ1) is 18.6. The molecule has 0 aromatic heterocycles. The molecule has 0 fully saturated rings. The lowest BCUT2D eigenvalue weighted by molar-refractivity contribution is 0.0249. The molecular formula is C23H19NO5. The van der Waals surface area contributed by atoms with Crippen LogP contribution in [0, 0.1) is 0 Å². The van der Waals surface area contributed by atoms with Gasteiger partial charge in [-0.15, -0.1) is 0 Å². The predicted molar refractivity (Wildman–Crippen MR) is 107 cm³/mol. The average Bonchev–Trinajstić information content (AvgIpc) is 2.79. The highest BCUT2D eigenvalue weighted by atomic mass is 16.6. The number of amides is 1. The number of para-hydroxylation sites is 1. The van der Waals surface area contributed by atoms with Crippen LogP contribution >= 0.6 is 0 Å². The minimum atomic E-state index is -0.891. The van der Waals surface area contributed by atoms with E-state index < -0.39 is 12.2 Å². The molecule has 0 radical (unpaired) electrons. The highest BCUT2D eigenvalue weighted by molar-refractivity contribution is 6.11. The second kappa shape index (κ2) is 7.67. The Bertz CT molecular complexity index is 1040. The zero-order valence-electron chi connectivity index (χ0n) is 16.0. The van der Waals surface area contributed by atoms with E-state index in [4.69, 9.17) is 14.2 Å². The summed E-state index contributed by atoms with van der Waals surface area (Å²) in [7, 11) is 3.14. The fourth-order valence-corrected chi connectivity index (χ4v) is 3.27. The van der Waals surface area contributed by atoms with Crippen molar-refractivity contribution in [2.75, 3.05) is 19.1 Å². The minimum absolute atomic E-state index is 0.284. The molecular weight excluding hydrogens is 370 g/mol. The number of hydrogen-bond acceptors (Lipinski definition) is 5. The summed E-state index contributed by atoms with van der Waals surface area (Å²) in [5, 5.41) is 0. The molecule has 6 nitrogen and oxygen atoms in total. The summed E-state index contributed by atoms with van der Waals surface area (Å²) < 4.78 is 16.0. The number of rotatable bonds is 4. The number of methoxy groups -OCH3 is 2. The summed E-state index contributed by atoms with van der Waals surface area (Å²) in [6, 6.07) is 20.8. The highest BCUT2D eigenvalue weighted by Gasteiger charge is 2.38. The van der Waals surface area contributed by atoms with Gasteiger partial charge in [0.2, 0.25) is 6.23 Å². The average molecular weight is 389 g/mol. The van der Waals surface area contributed by atoms with Gasteiger partial charge in [0.05, 0.1) is 25.5 Å². The fourth-order valence-electron chi connectivity index (χ4n) is 3.27. The van der Waals surface area contributed by atoms with Crippen molar-refractivity contribution in [3.05, 3.63) is 89.5 Å². The summed E-state index contributed by atoms with van der Waals surface area (Å²) >= 11 is 0. The third kappa shape index (κ3) is 3.40. The molecule has 0 saturated heterocycles. The van der Waals surface area contributed by atoms with Gasteiger partial charge in [0.25, 0.3) is 5.91 Å². The molecule has 3 aromatic carbocycles. The van der Waals surface area contributed by atoms with Crippen LogP contribution in [0.4, 0.5) is 5.69 Å². The number of benzene rings is 3. The monoisotopic (exact) mass is 389 g/mol. The summed E-state index contributed by atoms with van der Waals surface area (Å²) in [6.07, 6.45) is -0.891. The summed E-state index contributed by atoms with van der Waals surface area (Å²) in [5.74, 6) is 0.566. The normalized spacial score (nSPS) is 15.3. The summed E-state index contributed by atoms with van der Waals surface area (Å²) in [6.45, 7) is 0. The number of carbonyl (C=O) groups is 2. The maximum atomic E-state index is 13.4. The van der Waals surface area contributed by atoms with Crippen molar-refractivity contribution in [3.8, 4) is 11.5 Å². The lowest BCUT2D eigenvalue weighted by atomic mass is 10.0. The molecule has 6 heteroatoms. The van der Waals surface area contributed by atoms with Crippen LogP contribution in [-0.2, 0) is 4.74 Å². The number of ether oxygens (including phenoxy) is 3. The standard InChI is InChI=1S/C23H19NO5/c1-27-17-11-7-15(8-12-17)21(25)24-20-6-4-3-5-19(20)23(26)29-22(24)16-9-13-18(28-2)14-10-16/h3-14,22H,1-2H3/t22-/m0/s1. The predicted octanol–water partition coefficient (Wildman–Crippen LogP) is 4.22. The van der Waals surface area contributed by atoms with Crippen molar-refractivity contribution in [2.45, 2.75) is 6.23 Å².